The van der Waals surface area contributed by atoms with Crippen LogP contribution in [-0.4, -0.2) is 81.3 Å². The van der Waals surface area contributed by atoms with Gasteiger partial charge < -0.3 is 24.6 Å². The fourth-order valence-corrected chi connectivity index (χ4v) is 3.37. The molecule has 26 heavy (non-hydrogen) atoms. The first-order chi connectivity index (χ1) is 12.7. The summed E-state index contributed by atoms with van der Waals surface area (Å²) in [5.74, 6) is 0.691. The van der Waals surface area contributed by atoms with E-state index < -0.39 is 0 Å². The molecule has 144 valence electrons. The van der Waals surface area contributed by atoms with E-state index in [2.05, 4.69) is 22.2 Å². The number of likely N-dealkylation sites (N-methyl/N-ethyl adjacent to an activating group) is 1. The molecule has 1 aromatic rings. The Morgan fingerprint density at radius 2 is 2.15 bits per heavy atom. The minimum absolute atomic E-state index is 0.0362. The minimum atomic E-state index is -0.0362. The topological polar surface area (TPSA) is 54.0 Å². The maximum Gasteiger partial charge on any atom is 0.251 e. The van der Waals surface area contributed by atoms with Crippen LogP contribution >= 0.6 is 0 Å². The van der Waals surface area contributed by atoms with E-state index in [4.69, 9.17) is 9.47 Å². The van der Waals surface area contributed by atoms with E-state index in [1.54, 1.807) is 0 Å². The van der Waals surface area contributed by atoms with Crippen LogP contribution in [0, 0.1) is 0 Å². The highest BCUT2D eigenvalue weighted by Crippen LogP contribution is 2.17. The number of rotatable bonds is 8. The van der Waals surface area contributed by atoms with Gasteiger partial charge in [-0.15, -0.1) is 0 Å². The summed E-state index contributed by atoms with van der Waals surface area (Å²) in [6, 6.07) is 7.39. The second-order valence-electron chi connectivity index (χ2n) is 7.23. The normalized spacial score (nSPS) is 21.7. The zero-order valence-electron chi connectivity index (χ0n) is 15.8. The van der Waals surface area contributed by atoms with Crippen molar-refractivity contribution in [3.63, 3.8) is 0 Å². The molecular weight excluding hydrogens is 330 g/mol. The van der Waals surface area contributed by atoms with E-state index in [-0.39, 0.29) is 12.0 Å². The molecule has 2 fully saturated rings. The Labute approximate surface area is 156 Å². The van der Waals surface area contributed by atoms with Crippen molar-refractivity contribution in [1.29, 1.82) is 0 Å². The van der Waals surface area contributed by atoms with Crippen molar-refractivity contribution >= 4 is 5.91 Å². The first-order valence-electron chi connectivity index (χ1n) is 9.74. The van der Waals surface area contributed by atoms with Crippen molar-refractivity contribution in [3.05, 3.63) is 29.8 Å². The van der Waals surface area contributed by atoms with Crippen molar-refractivity contribution in [2.45, 2.75) is 25.4 Å². The number of hydrogen-bond acceptors (Lipinski definition) is 5. The summed E-state index contributed by atoms with van der Waals surface area (Å²) in [5.41, 5.74) is 0.648. The summed E-state index contributed by atoms with van der Waals surface area (Å²) >= 11 is 0. The van der Waals surface area contributed by atoms with Crippen LogP contribution in [0.2, 0.25) is 0 Å². The molecule has 0 saturated carbocycles. The highest BCUT2D eigenvalue weighted by Gasteiger charge is 2.16. The molecule has 2 aliphatic rings. The Morgan fingerprint density at radius 1 is 1.31 bits per heavy atom. The molecule has 6 heteroatoms. The fraction of sp³-hybridized carbons (Fsp3) is 0.650. The highest BCUT2D eigenvalue weighted by molar-refractivity contribution is 5.94. The number of amides is 1. The van der Waals surface area contributed by atoms with Gasteiger partial charge in [0, 0.05) is 44.9 Å². The molecule has 2 saturated heterocycles. The molecule has 6 nitrogen and oxygen atoms in total. The summed E-state index contributed by atoms with van der Waals surface area (Å²) in [7, 11) is 2.16. The second kappa shape index (κ2) is 9.90. The van der Waals surface area contributed by atoms with Crippen LogP contribution in [0.15, 0.2) is 24.3 Å². The maximum atomic E-state index is 12.3. The summed E-state index contributed by atoms with van der Waals surface area (Å²) in [4.78, 5) is 17.2. The van der Waals surface area contributed by atoms with E-state index in [1.807, 2.05) is 24.3 Å². The number of carbonyl (C=O) groups excluding carboxylic acids is 1. The molecule has 1 unspecified atom stereocenters. The third kappa shape index (κ3) is 5.97. The van der Waals surface area contributed by atoms with Gasteiger partial charge in [0.05, 0.1) is 6.10 Å². The molecule has 0 aliphatic carbocycles. The summed E-state index contributed by atoms with van der Waals surface area (Å²) in [5, 5.41) is 3.02. The Balaban J connectivity index is 1.36. The van der Waals surface area contributed by atoms with Gasteiger partial charge in [0.15, 0.2) is 0 Å². The first-order valence-corrected chi connectivity index (χ1v) is 9.74. The number of nitrogens with zero attached hydrogens (tertiary/aromatic N) is 2. The number of ether oxygens (including phenoxy) is 2. The third-order valence-corrected chi connectivity index (χ3v) is 5.09. The molecule has 2 heterocycles. The Kier molecular flexibility index (Phi) is 7.29. The second-order valence-corrected chi connectivity index (χ2v) is 7.23. The first kappa shape index (κ1) is 19.1. The lowest BCUT2D eigenvalue weighted by molar-refractivity contribution is 0.0679. The fourth-order valence-electron chi connectivity index (χ4n) is 3.37. The van der Waals surface area contributed by atoms with Gasteiger partial charge in [0.25, 0.3) is 5.91 Å². The van der Waals surface area contributed by atoms with E-state index in [0.29, 0.717) is 18.7 Å². The van der Waals surface area contributed by atoms with Gasteiger partial charge in [-0.2, -0.15) is 0 Å². The van der Waals surface area contributed by atoms with Crippen molar-refractivity contribution in [1.82, 2.24) is 15.1 Å². The van der Waals surface area contributed by atoms with Crippen molar-refractivity contribution < 1.29 is 14.3 Å². The molecule has 1 N–H and O–H groups in total. The lowest BCUT2D eigenvalue weighted by Crippen LogP contribution is -2.45. The summed E-state index contributed by atoms with van der Waals surface area (Å²) in [6.45, 7) is 7.62. The average Bonchev–Trinajstić information content (AvgIpc) is 3.19. The van der Waals surface area contributed by atoms with E-state index in [0.717, 1.165) is 64.3 Å². The zero-order chi connectivity index (χ0) is 18.2. The number of hydrogen-bond donors (Lipinski definition) is 1. The molecule has 0 aromatic heterocycles. The SMILES string of the molecule is CN1CCN(CCCNC(=O)c2cccc(OCC3CCCO3)c2)CC1. The quantitative estimate of drug-likeness (QED) is 0.713. The maximum absolute atomic E-state index is 12.3. The van der Waals surface area contributed by atoms with Gasteiger partial charge in [0.1, 0.15) is 12.4 Å². The predicted octanol–water partition coefficient (Wildman–Crippen LogP) is 1.61. The molecule has 2 aliphatic heterocycles. The minimum Gasteiger partial charge on any atom is -0.491 e. The standard InChI is InChI=1S/C20H31N3O3/c1-22-10-12-23(13-11-22)9-4-8-21-20(24)17-5-2-6-18(15-17)26-16-19-7-3-14-25-19/h2,5-6,15,19H,3-4,7-14,16H2,1H3,(H,21,24). The molecule has 3 rings (SSSR count). The van der Waals surface area contributed by atoms with Crippen LogP contribution in [0.5, 0.6) is 5.75 Å². The van der Waals surface area contributed by atoms with Crippen molar-refractivity contribution in [2.75, 3.05) is 59.5 Å². The van der Waals surface area contributed by atoms with Gasteiger partial charge in [-0.25, -0.2) is 0 Å². The monoisotopic (exact) mass is 361 g/mol. The molecule has 1 aromatic carbocycles. The number of benzene rings is 1. The van der Waals surface area contributed by atoms with E-state index >= 15 is 0 Å². The lowest BCUT2D eigenvalue weighted by atomic mass is 10.2. The van der Waals surface area contributed by atoms with Crippen LogP contribution in [0.25, 0.3) is 0 Å². The molecule has 1 amide bonds. The summed E-state index contributed by atoms with van der Waals surface area (Å²) in [6.07, 6.45) is 3.31. The predicted molar refractivity (Wildman–Crippen MR) is 102 cm³/mol. The highest BCUT2D eigenvalue weighted by atomic mass is 16.5. The molecular formula is C20H31N3O3. The Hall–Kier alpha value is -1.63. The van der Waals surface area contributed by atoms with Crippen LogP contribution < -0.4 is 10.1 Å². The van der Waals surface area contributed by atoms with E-state index in [1.165, 1.54) is 0 Å². The number of carbonyl (C=O) groups is 1. The van der Waals surface area contributed by atoms with Crippen LogP contribution in [0.3, 0.4) is 0 Å². The lowest BCUT2D eigenvalue weighted by Gasteiger charge is -2.32. The summed E-state index contributed by atoms with van der Waals surface area (Å²) < 4.78 is 11.3. The Bertz CT molecular complexity index is 567. The average molecular weight is 361 g/mol. The third-order valence-electron chi connectivity index (χ3n) is 5.09. The van der Waals surface area contributed by atoms with Gasteiger partial charge in [-0.3, -0.25) is 4.79 Å². The van der Waals surface area contributed by atoms with Gasteiger partial charge in [-0.05, 0) is 51.1 Å². The molecule has 0 bridgehead atoms. The zero-order valence-corrected chi connectivity index (χ0v) is 15.8. The van der Waals surface area contributed by atoms with Gasteiger partial charge >= 0.3 is 0 Å². The van der Waals surface area contributed by atoms with Crippen LogP contribution in [0.4, 0.5) is 0 Å². The van der Waals surface area contributed by atoms with Gasteiger partial charge in [0.2, 0.25) is 0 Å². The molecule has 1 atom stereocenters. The number of nitrogens with one attached hydrogen (secondary N) is 1. The smallest absolute Gasteiger partial charge is 0.251 e. The Morgan fingerprint density at radius 3 is 2.92 bits per heavy atom. The van der Waals surface area contributed by atoms with Gasteiger partial charge in [-0.1, -0.05) is 6.07 Å². The van der Waals surface area contributed by atoms with Crippen molar-refractivity contribution in [2.24, 2.45) is 0 Å². The van der Waals surface area contributed by atoms with E-state index in [9.17, 15) is 4.79 Å². The largest absolute Gasteiger partial charge is 0.491 e. The van der Waals surface area contributed by atoms with Crippen LogP contribution in [0.1, 0.15) is 29.6 Å². The van der Waals surface area contributed by atoms with Crippen LogP contribution in [-0.2, 0) is 4.74 Å². The molecule has 0 spiro atoms. The number of piperazine rings is 1. The van der Waals surface area contributed by atoms with Crippen molar-refractivity contribution in [3.8, 4) is 5.75 Å². The molecule has 0 radical (unpaired) electrons.